The SMILES string of the molecule is CC(CN(C)C)NC(C)c1cccc(Br)c1. The van der Waals surface area contributed by atoms with Crippen LogP contribution in [0.3, 0.4) is 0 Å². The van der Waals surface area contributed by atoms with Crippen molar-refractivity contribution in [2.45, 2.75) is 25.9 Å². The first-order chi connectivity index (χ1) is 7.49. The van der Waals surface area contributed by atoms with Crippen molar-refractivity contribution >= 4 is 15.9 Å². The number of benzene rings is 1. The Morgan fingerprint density at radius 1 is 1.31 bits per heavy atom. The molecule has 0 fully saturated rings. The summed E-state index contributed by atoms with van der Waals surface area (Å²) in [5.41, 5.74) is 1.32. The summed E-state index contributed by atoms with van der Waals surface area (Å²) in [4.78, 5) is 2.20. The second kappa shape index (κ2) is 6.38. The van der Waals surface area contributed by atoms with Gasteiger partial charge in [-0.05, 0) is 45.6 Å². The molecule has 2 atom stereocenters. The summed E-state index contributed by atoms with van der Waals surface area (Å²) in [6.07, 6.45) is 0. The van der Waals surface area contributed by atoms with Crippen LogP contribution in [0.4, 0.5) is 0 Å². The quantitative estimate of drug-likeness (QED) is 0.894. The third-order valence-electron chi connectivity index (χ3n) is 2.52. The van der Waals surface area contributed by atoms with Gasteiger partial charge in [0, 0.05) is 23.1 Å². The number of nitrogens with one attached hydrogen (secondary N) is 1. The molecule has 0 aliphatic carbocycles. The van der Waals surface area contributed by atoms with E-state index in [0.717, 1.165) is 11.0 Å². The predicted octanol–water partition coefficient (Wildman–Crippen LogP) is 3.05. The second-order valence-corrected chi connectivity index (χ2v) is 5.52. The van der Waals surface area contributed by atoms with Crippen LogP contribution >= 0.6 is 15.9 Å². The summed E-state index contributed by atoms with van der Waals surface area (Å²) >= 11 is 3.50. The zero-order valence-corrected chi connectivity index (χ0v) is 12.1. The molecule has 2 unspecified atom stereocenters. The van der Waals surface area contributed by atoms with E-state index in [9.17, 15) is 0 Å². The minimum Gasteiger partial charge on any atom is -0.308 e. The van der Waals surface area contributed by atoms with Gasteiger partial charge in [0.1, 0.15) is 0 Å². The highest BCUT2D eigenvalue weighted by Crippen LogP contribution is 2.18. The molecule has 0 radical (unpaired) electrons. The third-order valence-corrected chi connectivity index (χ3v) is 3.02. The van der Waals surface area contributed by atoms with E-state index in [-0.39, 0.29) is 0 Å². The summed E-state index contributed by atoms with van der Waals surface area (Å²) in [5, 5.41) is 3.59. The smallest absolute Gasteiger partial charge is 0.0295 e. The van der Waals surface area contributed by atoms with E-state index in [2.05, 4.69) is 78.4 Å². The summed E-state index contributed by atoms with van der Waals surface area (Å²) in [6.45, 7) is 5.47. The summed E-state index contributed by atoms with van der Waals surface area (Å²) in [7, 11) is 4.20. The monoisotopic (exact) mass is 284 g/mol. The molecule has 0 aliphatic heterocycles. The van der Waals surface area contributed by atoms with Gasteiger partial charge >= 0.3 is 0 Å². The van der Waals surface area contributed by atoms with Crippen molar-refractivity contribution in [3.63, 3.8) is 0 Å². The van der Waals surface area contributed by atoms with Crippen molar-refractivity contribution in [3.8, 4) is 0 Å². The fourth-order valence-corrected chi connectivity index (χ4v) is 2.32. The van der Waals surface area contributed by atoms with Crippen LogP contribution in [0.1, 0.15) is 25.5 Å². The second-order valence-electron chi connectivity index (χ2n) is 4.61. The average Bonchev–Trinajstić information content (AvgIpc) is 2.16. The Balaban J connectivity index is 2.55. The minimum absolute atomic E-state index is 0.382. The molecule has 1 aromatic carbocycles. The van der Waals surface area contributed by atoms with Crippen molar-refractivity contribution in [3.05, 3.63) is 34.3 Å². The molecule has 0 amide bonds. The van der Waals surface area contributed by atoms with Gasteiger partial charge in [-0.3, -0.25) is 0 Å². The number of halogens is 1. The van der Waals surface area contributed by atoms with Gasteiger partial charge in [-0.2, -0.15) is 0 Å². The lowest BCUT2D eigenvalue weighted by molar-refractivity contribution is 0.334. The van der Waals surface area contributed by atoms with E-state index >= 15 is 0 Å². The van der Waals surface area contributed by atoms with Crippen LogP contribution in [0.2, 0.25) is 0 Å². The first kappa shape index (κ1) is 13.7. The Morgan fingerprint density at radius 3 is 2.56 bits per heavy atom. The van der Waals surface area contributed by atoms with E-state index in [0.29, 0.717) is 12.1 Å². The van der Waals surface area contributed by atoms with Crippen LogP contribution in [0.5, 0.6) is 0 Å². The van der Waals surface area contributed by atoms with Gasteiger partial charge in [0.25, 0.3) is 0 Å². The van der Waals surface area contributed by atoms with Crippen molar-refractivity contribution in [1.29, 1.82) is 0 Å². The van der Waals surface area contributed by atoms with E-state index in [4.69, 9.17) is 0 Å². The Bertz CT molecular complexity index is 325. The molecule has 2 nitrogen and oxygen atoms in total. The Hall–Kier alpha value is -0.380. The van der Waals surface area contributed by atoms with E-state index in [1.807, 2.05) is 0 Å². The van der Waals surface area contributed by atoms with Crippen LogP contribution < -0.4 is 5.32 Å². The minimum atomic E-state index is 0.382. The highest BCUT2D eigenvalue weighted by molar-refractivity contribution is 9.10. The van der Waals surface area contributed by atoms with Gasteiger partial charge in [-0.1, -0.05) is 28.1 Å². The van der Waals surface area contributed by atoms with Crippen LogP contribution in [0, 0.1) is 0 Å². The van der Waals surface area contributed by atoms with Gasteiger partial charge in [0.05, 0.1) is 0 Å². The number of likely N-dealkylation sites (N-methyl/N-ethyl adjacent to an activating group) is 1. The van der Waals surface area contributed by atoms with Crippen molar-refractivity contribution < 1.29 is 0 Å². The molecule has 1 N–H and O–H groups in total. The van der Waals surface area contributed by atoms with Crippen molar-refractivity contribution in [1.82, 2.24) is 10.2 Å². The van der Waals surface area contributed by atoms with Gasteiger partial charge in [-0.25, -0.2) is 0 Å². The first-order valence-corrected chi connectivity index (χ1v) is 6.44. The molecule has 90 valence electrons. The van der Waals surface area contributed by atoms with E-state index < -0.39 is 0 Å². The third kappa shape index (κ3) is 4.64. The molecule has 0 saturated heterocycles. The van der Waals surface area contributed by atoms with Crippen LogP contribution in [0.15, 0.2) is 28.7 Å². The fourth-order valence-electron chi connectivity index (χ4n) is 1.90. The standard InChI is InChI=1S/C13H21BrN2/c1-10(9-16(3)4)15-11(2)12-6-5-7-13(14)8-12/h5-8,10-11,15H,9H2,1-4H3. The number of nitrogens with zero attached hydrogens (tertiary/aromatic N) is 1. The maximum atomic E-state index is 3.59. The summed E-state index contributed by atoms with van der Waals surface area (Å²) < 4.78 is 1.14. The highest BCUT2D eigenvalue weighted by atomic mass is 79.9. The molecule has 1 rings (SSSR count). The van der Waals surface area contributed by atoms with Gasteiger partial charge in [0.15, 0.2) is 0 Å². The molecule has 0 heterocycles. The fraction of sp³-hybridized carbons (Fsp3) is 0.538. The highest BCUT2D eigenvalue weighted by Gasteiger charge is 2.09. The van der Waals surface area contributed by atoms with Gasteiger partial charge < -0.3 is 10.2 Å². The molecule has 0 aromatic heterocycles. The first-order valence-electron chi connectivity index (χ1n) is 5.65. The Kier molecular flexibility index (Phi) is 5.46. The maximum absolute atomic E-state index is 3.59. The Labute approximate surface area is 107 Å². The summed E-state index contributed by atoms with van der Waals surface area (Å²) in [6, 6.07) is 9.33. The van der Waals surface area contributed by atoms with Crippen LogP contribution in [-0.4, -0.2) is 31.6 Å². The normalized spacial score (nSPS) is 15.1. The lowest BCUT2D eigenvalue weighted by Crippen LogP contribution is -2.37. The zero-order valence-electron chi connectivity index (χ0n) is 10.5. The van der Waals surface area contributed by atoms with Crippen molar-refractivity contribution in [2.24, 2.45) is 0 Å². The summed E-state index contributed by atoms with van der Waals surface area (Å²) in [5.74, 6) is 0. The predicted molar refractivity (Wildman–Crippen MR) is 73.7 cm³/mol. The molecule has 0 aliphatic rings. The molecular formula is C13H21BrN2. The topological polar surface area (TPSA) is 15.3 Å². The average molecular weight is 285 g/mol. The van der Waals surface area contributed by atoms with Gasteiger partial charge in [-0.15, -0.1) is 0 Å². The molecule has 0 spiro atoms. The Morgan fingerprint density at radius 2 is 2.00 bits per heavy atom. The van der Waals surface area contributed by atoms with Gasteiger partial charge in [0.2, 0.25) is 0 Å². The molecule has 0 bridgehead atoms. The molecule has 16 heavy (non-hydrogen) atoms. The number of hydrogen-bond acceptors (Lipinski definition) is 2. The number of hydrogen-bond donors (Lipinski definition) is 1. The number of rotatable bonds is 5. The van der Waals surface area contributed by atoms with E-state index in [1.165, 1.54) is 5.56 Å². The maximum Gasteiger partial charge on any atom is 0.0295 e. The van der Waals surface area contributed by atoms with Crippen molar-refractivity contribution in [2.75, 3.05) is 20.6 Å². The molecular weight excluding hydrogens is 264 g/mol. The largest absolute Gasteiger partial charge is 0.308 e. The molecule has 0 saturated carbocycles. The van der Waals surface area contributed by atoms with Crippen LogP contribution in [0.25, 0.3) is 0 Å². The molecule has 3 heteroatoms. The van der Waals surface area contributed by atoms with E-state index in [1.54, 1.807) is 0 Å². The lowest BCUT2D eigenvalue weighted by atomic mass is 10.1. The van der Waals surface area contributed by atoms with Crippen LogP contribution in [-0.2, 0) is 0 Å². The molecule has 1 aromatic rings. The zero-order chi connectivity index (χ0) is 12.1. The lowest BCUT2D eigenvalue weighted by Gasteiger charge is -2.23.